The maximum Gasteiger partial charge on any atom is 0.123 e. The molecule has 0 radical (unpaired) electrons. The van der Waals surface area contributed by atoms with Crippen molar-refractivity contribution in [1.29, 1.82) is 0 Å². The van der Waals surface area contributed by atoms with E-state index in [1.807, 2.05) is 12.1 Å². The fourth-order valence-electron chi connectivity index (χ4n) is 1.95. The largest absolute Gasteiger partial charge is 0.309 e. The summed E-state index contributed by atoms with van der Waals surface area (Å²) in [5.74, 6) is -0.196. The van der Waals surface area contributed by atoms with Crippen molar-refractivity contribution in [1.82, 2.24) is 5.32 Å². The standard InChI is InChI=1S/C14H14BrClFNS/c1-2-18-12(13-8-11(16)14(15)19-13)7-9-4-3-5-10(17)6-9/h3-6,8,12,18H,2,7H2,1H3. The number of thiophene rings is 1. The van der Waals surface area contributed by atoms with Crippen molar-refractivity contribution in [2.24, 2.45) is 0 Å². The van der Waals surface area contributed by atoms with E-state index in [-0.39, 0.29) is 11.9 Å². The SMILES string of the molecule is CCNC(Cc1cccc(F)c1)c1cc(Cl)c(Br)s1. The summed E-state index contributed by atoms with van der Waals surface area (Å²) < 4.78 is 14.2. The minimum absolute atomic E-state index is 0.153. The second kappa shape index (κ2) is 6.84. The van der Waals surface area contributed by atoms with Crippen LogP contribution in [0.25, 0.3) is 0 Å². The number of likely N-dealkylation sites (N-methyl/N-ethyl adjacent to an activating group) is 1. The van der Waals surface area contributed by atoms with Gasteiger partial charge in [-0.15, -0.1) is 11.3 Å². The van der Waals surface area contributed by atoms with Crippen LogP contribution in [0.4, 0.5) is 4.39 Å². The van der Waals surface area contributed by atoms with Crippen LogP contribution in [0.1, 0.15) is 23.4 Å². The zero-order valence-electron chi connectivity index (χ0n) is 10.4. The van der Waals surface area contributed by atoms with Gasteiger partial charge in [0.1, 0.15) is 5.82 Å². The van der Waals surface area contributed by atoms with E-state index in [0.29, 0.717) is 0 Å². The van der Waals surface area contributed by atoms with Gasteiger partial charge < -0.3 is 5.32 Å². The van der Waals surface area contributed by atoms with Gasteiger partial charge in [-0.05, 0) is 52.7 Å². The molecule has 0 fully saturated rings. The molecule has 1 nitrogen and oxygen atoms in total. The predicted molar refractivity (Wildman–Crippen MR) is 83.6 cm³/mol. The van der Waals surface area contributed by atoms with Gasteiger partial charge in [0, 0.05) is 10.9 Å². The van der Waals surface area contributed by atoms with Crippen LogP contribution in [0.15, 0.2) is 34.1 Å². The molecule has 1 unspecified atom stereocenters. The molecule has 2 aromatic rings. The van der Waals surface area contributed by atoms with Crippen LogP contribution in [0.2, 0.25) is 5.02 Å². The summed E-state index contributed by atoms with van der Waals surface area (Å²) in [4.78, 5) is 1.16. The van der Waals surface area contributed by atoms with Gasteiger partial charge in [0.25, 0.3) is 0 Å². The molecule has 2 rings (SSSR count). The van der Waals surface area contributed by atoms with Crippen molar-refractivity contribution >= 4 is 38.9 Å². The number of benzene rings is 1. The first-order valence-electron chi connectivity index (χ1n) is 6.02. The van der Waals surface area contributed by atoms with E-state index in [2.05, 4.69) is 28.2 Å². The maximum atomic E-state index is 13.2. The van der Waals surface area contributed by atoms with E-state index in [1.165, 1.54) is 6.07 Å². The Morgan fingerprint density at radius 1 is 1.42 bits per heavy atom. The Kier molecular flexibility index (Phi) is 5.39. The van der Waals surface area contributed by atoms with E-state index in [9.17, 15) is 4.39 Å². The van der Waals surface area contributed by atoms with Gasteiger partial charge in [-0.25, -0.2) is 4.39 Å². The van der Waals surface area contributed by atoms with Crippen LogP contribution >= 0.6 is 38.9 Å². The van der Waals surface area contributed by atoms with Crippen LogP contribution in [-0.2, 0) is 6.42 Å². The first kappa shape index (κ1) is 15.0. The number of nitrogens with one attached hydrogen (secondary N) is 1. The normalized spacial score (nSPS) is 12.6. The number of hydrogen-bond acceptors (Lipinski definition) is 2. The summed E-state index contributed by atoms with van der Waals surface area (Å²) in [6.45, 7) is 2.91. The van der Waals surface area contributed by atoms with E-state index >= 15 is 0 Å². The van der Waals surface area contributed by atoms with Crippen LogP contribution in [0.3, 0.4) is 0 Å². The van der Waals surface area contributed by atoms with E-state index in [4.69, 9.17) is 11.6 Å². The Balaban J connectivity index is 2.20. The highest BCUT2D eigenvalue weighted by molar-refractivity contribution is 9.11. The third kappa shape index (κ3) is 4.02. The Morgan fingerprint density at radius 3 is 2.79 bits per heavy atom. The number of rotatable bonds is 5. The van der Waals surface area contributed by atoms with Crippen molar-refractivity contribution in [2.45, 2.75) is 19.4 Å². The maximum absolute atomic E-state index is 13.2. The lowest BCUT2D eigenvalue weighted by atomic mass is 10.0. The lowest BCUT2D eigenvalue weighted by Gasteiger charge is -2.16. The molecule has 0 saturated heterocycles. The Morgan fingerprint density at radius 2 is 2.21 bits per heavy atom. The molecular formula is C14H14BrClFNS. The first-order valence-corrected chi connectivity index (χ1v) is 8.01. The molecule has 0 aliphatic rings. The highest BCUT2D eigenvalue weighted by atomic mass is 79.9. The van der Waals surface area contributed by atoms with E-state index in [0.717, 1.165) is 32.2 Å². The lowest BCUT2D eigenvalue weighted by Crippen LogP contribution is -2.22. The minimum Gasteiger partial charge on any atom is -0.309 e. The summed E-state index contributed by atoms with van der Waals surface area (Å²) in [7, 11) is 0. The van der Waals surface area contributed by atoms with Crippen LogP contribution in [-0.4, -0.2) is 6.54 Å². The quantitative estimate of drug-likeness (QED) is 0.771. The molecule has 5 heteroatoms. The van der Waals surface area contributed by atoms with Crippen molar-refractivity contribution in [3.05, 3.63) is 55.4 Å². The Bertz CT molecular complexity index is 539. The first-order chi connectivity index (χ1) is 9.10. The van der Waals surface area contributed by atoms with Crippen LogP contribution < -0.4 is 5.32 Å². The second-order valence-electron chi connectivity index (χ2n) is 4.21. The lowest BCUT2D eigenvalue weighted by molar-refractivity contribution is 0.554. The molecule has 102 valence electrons. The summed E-state index contributed by atoms with van der Waals surface area (Å²) in [6.07, 6.45) is 0.745. The summed E-state index contributed by atoms with van der Waals surface area (Å²) in [5, 5.41) is 4.14. The smallest absolute Gasteiger partial charge is 0.123 e. The highest BCUT2D eigenvalue weighted by Gasteiger charge is 2.16. The van der Waals surface area contributed by atoms with Gasteiger partial charge in [-0.2, -0.15) is 0 Å². The minimum atomic E-state index is -0.196. The summed E-state index contributed by atoms with van der Waals surface area (Å²) >= 11 is 11.1. The zero-order valence-corrected chi connectivity index (χ0v) is 13.6. The molecule has 0 aliphatic carbocycles. The molecule has 0 amide bonds. The third-order valence-electron chi connectivity index (χ3n) is 2.79. The second-order valence-corrected chi connectivity index (χ2v) is 7.02. The Hall–Kier alpha value is -0.420. The van der Waals surface area contributed by atoms with E-state index in [1.54, 1.807) is 23.5 Å². The van der Waals surface area contributed by atoms with Gasteiger partial charge >= 0.3 is 0 Å². The molecule has 0 saturated carbocycles. The fraction of sp³-hybridized carbons (Fsp3) is 0.286. The molecule has 19 heavy (non-hydrogen) atoms. The summed E-state index contributed by atoms with van der Waals surface area (Å²) in [6, 6.07) is 8.84. The third-order valence-corrected chi connectivity index (χ3v) is 5.38. The highest BCUT2D eigenvalue weighted by Crippen LogP contribution is 2.36. The van der Waals surface area contributed by atoms with Crippen LogP contribution in [0.5, 0.6) is 0 Å². The molecule has 0 aliphatic heterocycles. The van der Waals surface area contributed by atoms with Gasteiger partial charge in [0.05, 0.1) is 8.81 Å². The molecular weight excluding hydrogens is 349 g/mol. The average molecular weight is 363 g/mol. The number of hydrogen-bond donors (Lipinski definition) is 1. The molecule has 1 N–H and O–H groups in total. The Labute approximate surface area is 129 Å². The van der Waals surface area contributed by atoms with Gasteiger partial charge in [-0.3, -0.25) is 0 Å². The molecule has 1 heterocycles. The van der Waals surface area contributed by atoms with Crippen molar-refractivity contribution in [3.63, 3.8) is 0 Å². The van der Waals surface area contributed by atoms with Gasteiger partial charge in [0.15, 0.2) is 0 Å². The number of halogens is 3. The van der Waals surface area contributed by atoms with Gasteiger partial charge in [0.2, 0.25) is 0 Å². The molecule has 1 atom stereocenters. The summed E-state index contributed by atoms with van der Waals surface area (Å²) in [5.41, 5.74) is 0.978. The van der Waals surface area contributed by atoms with Crippen molar-refractivity contribution in [2.75, 3.05) is 6.54 Å². The monoisotopic (exact) mass is 361 g/mol. The molecule has 0 spiro atoms. The van der Waals surface area contributed by atoms with Gasteiger partial charge in [-0.1, -0.05) is 30.7 Å². The molecule has 1 aromatic heterocycles. The average Bonchev–Trinajstić information content (AvgIpc) is 2.69. The topological polar surface area (TPSA) is 12.0 Å². The molecule has 1 aromatic carbocycles. The predicted octanol–water partition coefficient (Wildman–Crippen LogP) is 5.20. The zero-order chi connectivity index (χ0) is 13.8. The van der Waals surface area contributed by atoms with Crippen molar-refractivity contribution in [3.8, 4) is 0 Å². The van der Waals surface area contributed by atoms with E-state index < -0.39 is 0 Å². The van der Waals surface area contributed by atoms with Crippen LogP contribution in [0, 0.1) is 5.82 Å². The molecule has 0 bridgehead atoms. The fourth-order valence-corrected chi connectivity index (χ4v) is 3.78. The van der Waals surface area contributed by atoms with Crippen molar-refractivity contribution < 1.29 is 4.39 Å².